The number of carbonyl (C=O) groups is 1. The van der Waals surface area contributed by atoms with Crippen molar-refractivity contribution < 1.29 is 9.53 Å². The van der Waals surface area contributed by atoms with Crippen molar-refractivity contribution in [1.29, 1.82) is 0 Å². The lowest BCUT2D eigenvalue weighted by Gasteiger charge is -2.04. The SMILES string of the molecule is COC(=O)c1cc(Br)ccc1SN. The number of esters is 1. The normalized spacial score (nSPS) is 9.77. The second-order valence-corrected chi connectivity index (χ2v) is 3.84. The fourth-order valence-electron chi connectivity index (χ4n) is 0.874. The van der Waals surface area contributed by atoms with Crippen LogP contribution in [0.1, 0.15) is 10.4 Å². The third-order valence-electron chi connectivity index (χ3n) is 1.47. The van der Waals surface area contributed by atoms with E-state index in [0.717, 1.165) is 16.4 Å². The molecule has 0 aliphatic heterocycles. The van der Waals surface area contributed by atoms with Gasteiger partial charge in [-0.05, 0) is 30.1 Å². The van der Waals surface area contributed by atoms with Gasteiger partial charge in [0.15, 0.2) is 0 Å². The first-order valence-electron chi connectivity index (χ1n) is 3.43. The Bertz CT molecular complexity index is 330. The zero-order valence-electron chi connectivity index (χ0n) is 6.91. The van der Waals surface area contributed by atoms with Crippen LogP contribution in [0.5, 0.6) is 0 Å². The maximum absolute atomic E-state index is 11.2. The molecule has 0 aliphatic carbocycles. The Kier molecular flexibility index (Phi) is 3.77. The summed E-state index contributed by atoms with van der Waals surface area (Å²) in [5, 5.41) is 5.39. The third kappa shape index (κ3) is 2.46. The highest BCUT2D eigenvalue weighted by molar-refractivity contribution is 9.10. The fraction of sp³-hybridized carbons (Fsp3) is 0.125. The van der Waals surface area contributed by atoms with Gasteiger partial charge in [0.2, 0.25) is 0 Å². The number of ether oxygens (including phenoxy) is 1. The molecule has 3 nitrogen and oxygen atoms in total. The molecule has 1 aromatic carbocycles. The predicted octanol–water partition coefficient (Wildman–Crippen LogP) is 2.20. The second-order valence-electron chi connectivity index (χ2n) is 2.25. The van der Waals surface area contributed by atoms with Crippen LogP contribution in [0.4, 0.5) is 0 Å². The minimum absolute atomic E-state index is 0.380. The van der Waals surface area contributed by atoms with Crippen LogP contribution in [-0.2, 0) is 4.74 Å². The minimum atomic E-state index is -0.380. The van der Waals surface area contributed by atoms with Gasteiger partial charge in [-0.3, -0.25) is 5.14 Å². The van der Waals surface area contributed by atoms with Gasteiger partial charge >= 0.3 is 5.97 Å². The summed E-state index contributed by atoms with van der Waals surface area (Å²) in [6, 6.07) is 5.27. The lowest BCUT2D eigenvalue weighted by molar-refractivity contribution is 0.0596. The van der Waals surface area contributed by atoms with Crippen LogP contribution in [0, 0.1) is 0 Å². The molecule has 0 spiro atoms. The topological polar surface area (TPSA) is 52.3 Å². The van der Waals surface area contributed by atoms with Crippen LogP contribution < -0.4 is 5.14 Å². The molecule has 0 aromatic heterocycles. The van der Waals surface area contributed by atoms with E-state index in [1.165, 1.54) is 7.11 Å². The maximum atomic E-state index is 11.2. The lowest BCUT2D eigenvalue weighted by Crippen LogP contribution is -2.03. The molecule has 0 aliphatic rings. The molecule has 1 rings (SSSR count). The number of nitrogens with two attached hydrogens (primary N) is 1. The number of carbonyl (C=O) groups excluding carboxylic acids is 1. The van der Waals surface area contributed by atoms with Gasteiger partial charge in [-0.1, -0.05) is 15.9 Å². The first kappa shape index (κ1) is 10.6. The number of rotatable bonds is 2. The molecule has 5 heteroatoms. The Labute approximate surface area is 88.9 Å². The fourth-order valence-corrected chi connectivity index (χ4v) is 1.65. The molecule has 0 fully saturated rings. The van der Waals surface area contributed by atoms with E-state index in [4.69, 9.17) is 5.14 Å². The highest BCUT2D eigenvalue weighted by Crippen LogP contribution is 2.23. The molecule has 13 heavy (non-hydrogen) atoms. The molecule has 0 bridgehead atoms. The summed E-state index contributed by atoms with van der Waals surface area (Å²) in [7, 11) is 1.34. The molecule has 0 radical (unpaired) electrons. The van der Waals surface area contributed by atoms with Crippen LogP contribution in [-0.4, -0.2) is 13.1 Å². The summed E-state index contributed by atoms with van der Waals surface area (Å²) >= 11 is 4.29. The molecule has 0 unspecified atom stereocenters. The lowest BCUT2D eigenvalue weighted by atomic mass is 10.2. The molecular formula is C8H8BrNO2S. The van der Waals surface area contributed by atoms with Gasteiger partial charge in [0, 0.05) is 9.37 Å². The summed E-state index contributed by atoms with van der Waals surface area (Å²) < 4.78 is 5.43. The van der Waals surface area contributed by atoms with Crippen LogP contribution in [0.2, 0.25) is 0 Å². The first-order valence-corrected chi connectivity index (χ1v) is 5.11. The Morgan fingerprint density at radius 2 is 2.31 bits per heavy atom. The number of methoxy groups -OCH3 is 1. The van der Waals surface area contributed by atoms with Crippen LogP contribution in [0.25, 0.3) is 0 Å². The number of hydrogen-bond donors (Lipinski definition) is 1. The number of benzene rings is 1. The van der Waals surface area contributed by atoms with Crippen molar-refractivity contribution in [1.82, 2.24) is 0 Å². The Hall–Kier alpha value is -0.520. The monoisotopic (exact) mass is 261 g/mol. The van der Waals surface area contributed by atoms with Crippen LogP contribution in [0.15, 0.2) is 27.6 Å². The van der Waals surface area contributed by atoms with Crippen molar-refractivity contribution in [2.75, 3.05) is 7.11 Å². The van der Waals surface area contributed by atoms with E-state index in [1.807, 2.05) is 6.07 Å². The van der Waals surface area contributed by atoms with Gasteiger partial charge in [-0.25, -0.2) is 4.79 Å². The standard InChI is InChI=1S/C8H8BrNO2S/c1-12-8(11)6-4-5(9)2-3-7(6)13-10/h2-4H,10H2,1H3. The molecule has 0 saturated carbocycles. The molecule has 70 valence electrons. The maximum Gasteiger partial charge on any atom is 0.339 e. The quantitative estimate of drug-likeness (QED) is 0.655. The van der Waals surface area contributed by atoms with E-state index in [-0.39, 0.29) is 5.97 Å². The van der Waals surface area contributed by atoms with Crippen molar-refractivity contribution >= 4 is 33.8 Å². The van der Waals surface area contributed by atoms with Gasteiger partial charge in [-0.15, -0.1) is 0 Å². The van der Waals surface area contributed by atoms with Crippen molar-refractivity contribution in [2.24, 2.45) is 5.14 Å². The van der Waals surface area contributed by atoms with Gasteiger partial charge in [0.1, 0.15) is 0 Å². The van der Waals surface area contributed by atoms with E-state index >= 15 is 0 Å². The number of halogens is 1. The molecule has 0 saturated heterocycles. The van der Waals surface area contributed by atoms with Gasteiger partial charge in [0.25, 0.3) is 0 Å². The minimum Gasteiger partial charge on any atom is -0.465 e. The molecule has 2 N–H and O–H groups in total. The van der Waals surface area contributed by atoms with Crippen LogP contribution >= 0.6 is 27.9 Å². The van der Waals surface area contributed by atoms with Gasteiger partial charge in [-0.2, -0.15) is 0 Å². The van der Waals surface area contributed by atoms with Crippen molar-refractivity contribution in [3.63, 3.8) is 0 Å². The van der Waals surface area contributed by atoms with Crippen molar-refractivity contribution in [3.8, 4) is 0 Å². The Balaban J connectivity index is 3.15. The average Bonchev–Trinajstić information content (AvgIpc) is 2.16. The first-order chi connectivity index (χ1) is 6.19. The highest BCUT2D eigenvalue weighted by atomic mass is 79.9. The van der Waals surface area contributed by atoms with E-state index in [0.29, 0.717) is 10.5 Å². The summed E-state index contributed by atoms with van der Waals surface area (Å²) in [4.78, 5) is 11.9. The van der Waals surface area contributed by atoms with Gasteiger partial charge in [0.05, 0.1) is 12.7 Å². The molecule has 0 heterocycles. The average molecular weight is 262 g/mol. The van der Waals surface area contributed by atoms with Crippen LogP contribution in [0.3, 0.4) is 0 Å². The number of hydrogen-bond acceptors (Lipinski definition) is 4. The highest BCUT2D eigenvalue weighted by Gasteiger charge is 2.11. The summed E-state index contributed by atoms with van der Waals surface area (Å²) in [5.74, 6) is -0.380. The van der Waals surface area contributed by atoms with Gasteiger partial charge < -0.3 is 4.74 Å². The zero-order valence-corrected chi connectivity index (χ0v) is 9.31. The largest absolute Gasteiger partial charge is 0.465 e. The van der Waals surface area contributed by atoms with Crippen molar-refractivity contribution in [2.45, 2.75) is 4.90 Å². The predicted molar refractivity (Wildman–Crippen MR) is 55.5 cm³/mol. The van der Waals surface area contributed by atoms with Crippen molar-refractivity contribution in [3.05, 3.63) is 28.2 Å². The second kappa shape index (κ2) is 4.64. The molecule has 0 atom stereocenters. The zero-order chi connectivity index (χ0) is 9.84. The summed E-state index contributed by atoms with van der Waals surface area (Å²) in [5.41, 5.74) is 0.476. The van der Waals surface area contributed by atoms with E-state index in [9.17, 15) is 4.79 Å². The molecule has 1 aromatic rings. The Morgan fingerprint density at radius 3 is 2.85 bits per heavy atom. The third-order valence-corrected chi connectivity index (χ3v) is 2.58. The summed E-state index contributed by atoms with van der Waals surface area (Å²) in [6.07, 6.45) is 0. The van der Waals surface area contributed by atoms with E-state index in [2.05, 4.69) is 20.7 Å². The van der Waals surface area contributed by atoms with E-state index in [1.54, 1.807) is 12.1 Å². The molecular weight excluding hydrogens is 254 g/mol. The molecule has 0 amide bonds. The smallest absolute Gasteiger partial charge is 0.339 e. The van der Waals surface area contributed by atoms with E-state index < -0.39 is 0 Å². The Morgan fingerprint density at radius 1 is 1.62 bits per heavy atom. The summed E-state index contributed by atoms with van der Waals surface area (Å²) in [6.45, 7) is 0.